The molecule has 0 aromatic heterocycles. The zero-order chi connectivity index (χ0) is 7.11. The lowest BCUT2D eigenvalue weighted by atomic mass is 10.1. The molecule has 0 amide bonds. The maximum atomic E-state index is 9.90. The zero-order valence-electron chi connectivity index (χ0n) is 6.18. The van der Waals surface area contributed by atoms with Gasteiger partial charge in [-0.3, -0.25) is 4.79 Å². The van der Waals surface area contributed by atoms with Gasteiger partial charge in [0.25, 0.3) is 0 Å². The molecule has 0 aliphatic carbocycles. The summed E-state index contributed by atoms with van der Waals surface area (Å²) in [5.74, 6) is 0. The van der Waals surface area contributed by atoms with Crippen molar-refractivity contribution in [3.63, 3.8) is 0 Å². The van der Waals surface area contributed by atoms with Gasteiger partial charge < -0.3 is 0 Å². The largest absolute Gasteiger partial charge is 0.299 e. The lowest BCUT2D eigenvalue weighted by Crippen LogP contribution is -1.77. The summed E-state index contributed by atoms with van der Waals surface area (Å²) in [5.41, 5.74) is 1.19. The standard InChI is InChI=1S/C8H14O/c1-3-4-5-8(2)6-7-9/h6-7H,3-5H2,1-2H3. The van der Waals surface area contributed by atoms with E-state index in [1.807, 2.05) is 6.92 Å². The van der Waals surface area contributed by atoms with Gasteiger partial charge in [-0.2, -0.15) is 0 Å². The van der Waals surface area contributed by atoms with Crippen molar-refractivity contribution in [3.05, 3.63) is 11.6 Å². The second kappa shape index (κ2) is 5.54. The molecule has 0 atom stereocenters. The molecular weight excluding hydrogens is 112 g/mol. The molecule has 0 spiro atoms. The molecule has 0 radical (unpaired) electrons. The van der Waals surface area contributed by atoms with Crippen LogP contribution in [0.3, 0.4) is 0 Å². The predicted octanol–water partition coefficient (Wildman–Crippen LogP) is 2.32. The van der Waals surface area contributed by atoms with E-state index >= 15 is 0 Å². The minimum absolute atomic E-state index is 0.852. The van der Waals surface area contributed by atoms with Gasteiger partial charge >= 0.3 is 0 Å². The van der Waals surface area contributed by atoms with Crippen molar-refractivity contribution < 1.29 is 4.79 Å². The summed E-state index contributed by atoms with van der Waals surface area (Å²) in [5, 5.41) is 0. The van der Waals surface area contributed by atoms with E-state index in [4.69, 9.17) is 0 Å². The number of allylic oxidation sites excluding steroid dienone is 2. The van der Waals surface area contributed by atoms with Crippen molar-refractivity contribution in [2.24, 2.45) is 0 Å². The van der Waals surface area contributed by atoms with Crippen LogP contribution in [-0.4, -0.2) is 6.29 Å². The third kappa shape index (κ3) is 5.28. The average Bonchev–Trinajstić information content (AvgIpc) is 1.85. The van der Waals surface area contributed by atoms with Gasteiger partial charge in [0, 0.05) is 0 Å². The van der Waals surface area contributed by atoms with Crippen LogP contribution < -0.4 is 0 Å². The predicted molar refractivity (Wildman–Crippen MR) is 39.3 cm³/mol. The molecule has 0 rings (SSSR count). The van der Waals surface area contributed by atoms with E-state index in [0.29, 0.717) is 0 Å². The highest BCUT2D eigenvalue weighted by Crippen LogP contribution is 2.03. The fourth-order valence-corrected chi connectivity index (χ4v) is 0.655. The quantitative estimate of drug-likeness (QED) is 0.417. The molecule has 0 unspecified atom stereocenters. The molecule has 0 aliphatic rings. The van der Waals surface area contributed by atoms with Crippen LogP contribution in [0.25, 0.3) is 0 Å². The first-order chi connectivity index (χ1) is 4.31. The zero-order valence-corrected chi connectivity index (χ0v) is 6.18. The van der Waals surface area contributed by atoms with Gasteiger partial charge in [-0.05, 0) is 25.8 Å². The van der Waals surface area contributed by atoms with Crippen LogP contribution in [0.15, 0.2) is 11.6 Å². The third-order valence-corrected chi connectivity index (χ3v) is 1.28. The van der Waals surface area contributed by atoms with E-state index in [9.17, 15) is 4.79 Å². The SMILES string of the molecule is CCCCC(C)=CC=O. The highest BCUT2D eigenvalue weighted by Gasteiger charge is 1.85. The summed E-state index contributed by atoms with van der Waals surface area (Å²) in [6.45, 7) is 4.14. The van der Waals surface area contributed by atoms with Crippen LogP contribution in [0, 0.1) is 0 Å². The Morgan fingerprint density at radius 2 is 2.22 bits per heavy atom. The topological polar surface area (TPSA) is 17.1 Å². The van der Waals surface area contributed by atoms with Gasteiger partial charge in [-0.25, -0.2) is 0 Å². The minimum Gasteiger partial charge on any atom is -0.299 e. The van der Waals surface area contributed by atoms with Gasteiger partial charge in [-0.15, -0.1) is 0 Å². The average molecular weight is 126 g/mol. The molecule has 0 aromatic carbocycles. The molecular formula is C8H14O. The van der Waals surface area contributed by atoms with E-state index in [0.717, 1.165) is 12.7 Å². The maximum absolute atomic E-state index is 9.90. The Morgan fingerprint density at radius 3 is 2.67 bits per heavy atom. The van der Waals surface area contributed by atoms with Crippen molar-refractivity contribution in [3.8, 4) is 0 Å². The van der Waals surface area contributed by atoms with Crippen LogP contribution in [0.1, 0.15) is 33.1 Å². The van der Waals surface area contributed by atoms with E-state index in [2.05, 4.69) is 6.92 Å². The van der Waals surface area contributed by atoms with Crippen molar-refractivity contribution in [2.45, 2.75) is 33.1 Å². The summed E-state index contributed by atoms with van der Waals surface area (Å²) in [6.07, 6.45) is 5.94. The molecule has 0 aromatic rings. The van der Waals surface area contributed by atoms with E-state index in [1.165, 1.54) is 18.4 Å². The maximum Gasteiger partial charge on any atom is 0.142 e. The number of hydrogen-bond donors (Lipinski definition) is 0. The van der Waals surface area contributed by atoms with Crippen molar-refractivity contribution in [1.29, 1.82) is 0 Å². The van der Waals surface area contributed by atoms with Crippen molar-refractivity contribution in [1.82, 2.24) is 0 Å². The smallest absolute Gasteiger partial charge is 0.142 e. The second-order valence-corrected chi connectivity index (χ2v) is 2.25. The first kappa shape index (κ1) is 8.41. The second-order valence-electron chi connectivity index (χ2n) is 2.25. The van der Waals surface area contributed by atoms with Crippen LogP contribution in [0.4, 0.5) is 0 Å². The van der Waals surface area contributed by atoms with Gasteiger partial charge in [0.05, 0.1) is 0 Å². The number of hydrogen-bond acceptors (Lipinski definition) is 1. The Kier molecular flexibility index (Phi) is 5.18. The summed E-state index contributed by atoms with van der Waals surface area (Å²) < 4.78 is 0. The molecule has 0 bridgehead atoms. The molecule has 0 aliphatic heterocycles. The first-order valence-electron chi connectivity index (χ1n) is 3.42. The first-order valence-corrected chi connectivity index (χ1v) is 3.42. The lowest BCUT2D eigenvalue weighted by Gasteiger charge is -1.94. The molecule has 1 nitrogen and oxygen atoms in total. The number of rotatable bonds is 4. The van der Waals surface area contributed by atoms with Crippen LogP contribution in [0.2, 0.25) is 0 Å². The molecule has 0 heterocycles. The third-order valence-electron chi connectivity index (χ3n) is 1.28. The molecule has 0 fully saturated rings. The van der Waals surface area contributed by atoms with E-state index < -0.39 is 0 Å². The Balaban J connectivity index is 3.36. The van der Waals surface area contributed by atoms with Crippen LogP contribution >= 0.6 is 0 Å². The van der Waals surface area contributed by atoms with Crippen LogP contribution in [0.5, 0.6) is 0 Å². The Hall–Kier alpha value is -0.590. The van der Waals surface area contributed by atoms with Gasteiger partial charge in [-0.1, -0.05) is 18.9 Å². The fourth-order valence-electron chi connectivity index (χ4n) is 0.655. The Labute approximate surface area is 56.8 Å². The summed E-state index contributed by atoms with van der Waals surface area (Å²) in [7, 11) is 0. The van der Waals surface area contributed by atoms with Gasteiger partial charge in [0.1, 0.15) is 6.29 Å². The number of unbranched alkanes of at least 4 members (excludes halogenated alkanes) is 1. The monoisotopic (exact) mass is 126 g/mol. The summed E-state index contributed by atoms with van der Waals surface area (Å²) in [6, 6.07) is 0. The number of carbonyl (C=O) groups excluding carboxylic acids is 1. The Bertz CT molecular complexity index is 103. The van der Waals surface area contributed by atoms with Gasteiger partial charge in [0.15, 0.2) is 0 Å². The molecule has 0 N–H and O–H groups in total. The van der Waals surface area contributed by atoms with Crippen molar-refractivity contribution >= 4 is 6.29 Å². The lowest BCUT2D eigenvalue weighted by molar-refractivity contribution is -0.104. The highest BCUT2D eigenvalue weighted by atomic mass is 16.1. The summed E-state index contributed by atoms with van der Waals surface area (Å²) in [4.78, 5) is 9.90. The van der Waals surface area contributed by atoms with E-state index in [1.54, 1.807) is 6.08 Å². The van der Waals surface area contributed by atoms with Crippen molar-refractivity contribution in [2.75, 3.05) is 0 Å². The Morgan fingerprint density at radius 1 is 1.56 bits per heavy atom. The van der Waals surface area contributed by atoms with Gasteiger partial charge in [0.2, 0.25) is 0 Å². The molecule has 0 saturated heterocycles. The highest BCUT2D eigenvalue weighted by molar-refractivity contribution is 5.65. The van der Waals surface area contributed by atoms with Crippen LogP contribution in [-0.2, 0) is 4.79 Å². The molecule has 9 heavy (non-hydrogen) atoms. The molecule has 0 saturated carbocycles. The molecule has 52 valence electrons. The number of carbonyl (C=O) groups is 1. The number of aldehydes is 1. The summed E-state index contributed by atoms with van der Waals surface area (Å²) >= 11 is 0. The minimum atomic E-state index is 0.852. The molecule has 1 heteroatoms. The van der Waals surface area contributed by atoms with E-state index in [-0.39, 0.29) is 0 Å². The normalized spacial score (nSPS) is 11.6. The fraction of sp³-hybridized carbons (Fsp3) is 0.625.